The Hall–Kier alpha value is -3.68. The molecular formula is C23H26N4O4. The minimum Gasteiger partial charge on any atom is -0.370 e. The number of amides is 5. The molecule has 1 fully saturated rings. The smallest absolute Gasteiger partial charge is 0.325 e. The lowest BCUT2D eigenvalue weighted by molar-refractivity contribution is -0.140. The van der Waals surface area contributed by atoms with Gasteiger partial charge in [-0.2, -0.15) is 0 Å². The standard InChI is InChI=1S/C23H26N4O4/c1-2-23(18-11-7-4-8-12-18)21(30)27(22(31)25-23)16-20(29)26(14-13-19(24)28)15-17-9-5-3-6-10-17/h3-12H,2,13-16H2,1H3,(H2,24,28)(H,25,31). The van der Waals surface area contributed by atoms with Crippen LogP contribution in [-0.2, 0) is 26.5 Å². The molecule has 2 aromatic rings. The third-order valence-electron chi connectivity index (χ3n) is 5.46. The van der Waals surface area contributed by atoms with Gasteiger partial charge in [-0.15, -0.1) is 0 Å². The normalized spacial score (nSPS) is 18.0. The molecule has 1 unspecified atom stereocenters. The number of rotatable bonds is 9. The number of nitrogens with zero attached hydrogens (tertiary/aromatic N) is 2. The first-order valence-electron chi connectivity index (χ1n) is 10.2. The van der Waals surface area contributed by atoms with Gasteiger partial charge in [-0.3, -0.25) is 19.3 Å². The van der Waals surface area contributed by atoms with E-state index in [-0.39, 0.29) is 19.5 Å². The first kappa shape index (κ1) is 22.0. The van der Waals surface area contributed by atoms with Crippen LogP contribution in [-0.4, -0.2) is 46.6 Å². The Balaban J connectivity index is 1.79. The number of primary amides is 1. The predicted molar refractivity (Wildman–Crippen MR) is 114 cm³/mol. The molecule has 0 aliphatic carbocycles. The number of nitrogens with one attached hydrogen (secondary N) is 1. The molecule has 1 aliphatic rings. The fourth-order valence-corrected chi connectivity index (χ4v) is 3.71. The van der Waals surface area contributed by atoms with Crippen LogP contribution in [0.25, 0.3) is 0 Å². The highest BCUT2D eigenvalue weighted by atomic mass is 16.2. The van der Waals surface area contributed by atoms with Crippen molar-refractivity contribution in [2.75, 3.05) is 13.1 Å². The van der Waals surface area contributed by atoms with Gasteiger partial charge in [-0.05, 0) is 17.5 Å². The Labute approximate surface area is 181 Å². The van der Waals surface area contributed by atoms with Crippen LogP contribution in [0, 0.1) is 0 Å². The maximum absolute atomic E-state index is 13.2. The number of carbonyl (C=O) groups excluding carboxylic acids is 4. The Morgan fingerprint density at radius 2 is 1.65 bits per heavy atom. The first-order chi connectivity index (χ1) is 14.9. The van der Waals surface area contributed by atoms with Gasteiger partial charge >= 0.3 is 6.03 Å². The summed E-state index contributed by atoms with van der Waals surface area (Å²) in [6, 6.07) is 17.6. The van der Waals surface area contributed by atoms with Crippen molar-refractivity contribution in [3.8, 4) is 0 Å². The summed E-state index contributed by atoms with van der Waals surface area (Å²) in [5, 5.41) is 2.77. The molecule has 31 heavy (non-hydrogen) atoms. The number of imide groups is 1. The van der Waals surface area contributed by atoms with Crippen molar-refractivity contribution in [1.29, 1.82) is 0 Å². The van der Waals surface area contributed by atoms with Gasteiger partial charge in [-0.1, -0.05) is 67.6 Å². The first-order valence-corrected chi connectivity index (χ1v) is 10.2. The van der Waals surface area contributed by atoms with Crippen LogP contribution >= 0.6 is 0 Å². The van der Waals surface area contributed by atoms with E-state index in [1.165, 1.54) is 4.90 Å². The van der Waals surface area contributed by atoms with Crippen LogP contribution in [0.15, 0.2) is 60.7 Å². The highest BCUT2D eigenvalue weighted by Crippen LogP contribution is 2.32. The topological polar surface area (TPSA) is 113 Å². The summed E-state index contributed by atoms with van der Waals surface area (Å²) in [6.07, 6.45) is 0.337. The lowest BCUT2D eigenvalue weighted by Gasteiger charge is -2.27. The van der Waals surface area contributed by atoms with Crippen molar-refractivity contribution in [2.24, 2.45) is 5.73 Å². The summed E-state index contributed by atoms with van der Waals surface area (Å²) < 4.78 is 0. The van der Waals surface area contributed by atoms with Crippen LogP contribution in [0.3, 0.4) is 0 Å². The van der Waals surface area contributed by atoms with Gasteiger partial charge in [0, 0.05) is 19.5 Å². The van der Waals surface area contributed by atoms with Crippen LogP contribution < -0.4 is 11.1 Å². The molecule has 0 aromatic heterocycles. The molecule has 8 heteroatoms. The van der Waals surface area contributed by atoms with Gasteiger partial charge in [0.2, 0.25) is 11.8 Å². The fraction of sp³-hybridized carbons (Fsp3) is 0.304. The fourth-order valence-electron chi connectivity index (χ4n) is 3.71. The summed E-state index contributed by atoms with van der Waals surface area (Å²) >= 11 is 0. The average molecular weight is 422 g/mol. The number of urea groups is 1. The van der Waals surface area contributed by atoms with Gasteiger partial charge in [0.15, 0.2) is 0 Å². The van der Waals surface area contributed by atoms with Crippen LogP contribution in [0.4, 0.5) is 4.79 Å². The summed E-state index contributed by atoms with van der Waals surface area (Å²) in [4.78, 5) is 52.6. The van der Waals surface area contributed by atoms with Crippen LogP contribution in [0.5, 0.6) is 0 Å². The summed E-state index contributed by atoms with van der Waals surface area (Å²) in [7, 11) is 0. The van der Waals surface area contributed by atoms with Crippen molar-refractivity contribution < 1.29 is 19.2 Å². The number of carbonyl (C=O) groups is 4. The largest absolute Gasteiger partial charge is 0.370 e. The Bertz CT molecular complexity index is 964. The molecule has 5 amide bonds. The molecule has 162 valence electrons. The number of nitrogens with two attached hydrogens (primary N) is 1. The molecule has 3 N–H and O–H groups in total. The molecule has 8 nitrogen and oxygen atoms in total. The minimum atomic E-state index is -1.20. The van der Waals surface area contributed by atoms with E-state index in [1.807, 2.05) is 43.3 Å². The number of hydrogen-bond donors (Lipinski definition) is 2. The lowest BCUT2D eigenvalue weighted by Crippen LogP contribution is -2.45. The van der Waals surface area contributed by atoms with E-state index in [1.54, 1.807) is 24.3 Å². The molecule has 0 spiro atoms. The molecule has 1 aliphatic heterocycles. The average Bonchev–Trinajstić information content (AvgIpc) is 3.02. The van der Waals surface area contributed by atoms with Crippen molar-refractivity contribution in [3.05, 3.63) is 71.8 Å². The summed E-state index contributed by atoms with van der Waals surface area (Å²) in [5.41, 5.74) is 5.59. The monoisotopic (exact) mass is 422 g/mol. The number of benzene rings is 2. The zero-order valence-electron chi connectivity index (χ0n) is 17.4. The van der Waals surface area contributed by atoms with Gasteiger partial charge < -0.3 is 16.0 Å². The molecule has 0 radical (unpaired) electrons. The molecule has 1 atom stereocenters. The molecule has 3 rings (SSSR count). The molecule has 1 saturated heterocycles. The van der Waals surface area contributed by atoms with Crippen molar-refractivity contribution in [3.63, 3.8) is 0 Å². The number of hydrogen-bond acceptors (Lipinski definition) is 4. The van der Waals surface area contributed by atoms with Crippen LogP contribution in [0.1, 0.15) is 30.9 Å². The molecule has 0 bridgehead atoms. The quantitative estimate of drug-likeness (QED) is 0.600. The van der Waals surface area contributed by atoms with E-state index in [4.69, 9.17) is 5.73 Å². The SMILES string of the molecule is CCC1(c2ccccc2)NC(=O)N(CC(=O)N(CCC(N)=O)Cc2ccccc2)C1=O. The van der Waals surface area contributed by atoms with E-state index in [0.29, 0.717) is 12.0 Å². The van der Waals surface area contributed by atoms with Gasteiger partial charge in [0.1, 0.15) is 12.1 Å². The van der Waals surface area contributed by atoms with Crippen molar-refractivity contribution in [1.82, 2.24) is 15.1 Å². The van der Waals surface area contributed by atoms with Gasteiger partial charge in [0.05, 0.1) is 0 Å². The second kappa shape index (κ2) is 9.42. The molecule has 0 saturated carbocycles. The maximum Gasteiger partial charge on any atom is 0.325 e. The second-order valence-electron chi connectivity index (χ2n) is 7.46. The molecular weight excluding hydrogens is 396 g/mol. The van der Waals surface area contributed by atoms with Crippen molar-refractivity contribution >= 4 is 23.8 Å². The Kier molecular flexibility index (Phi) is 6.69. The van der Waals surface area contributed by atoms with E-state index in [9.17, 15) is 19.2 Å². The Morgan fingerprint density at radius 1 is 1.03 bits per heavy atom. The van der Waals surface area contributed by atoms with Gasteiger partial charge in [-0.25, -0.2) is 4.79 Å². The third kappa shape index (κ3) is 4.74. The third-order valence-corrected chi connectivity index (χ3v) is 5.46. The molecule has 2 aromatic carbocycles. The van der Waals surface area contributed by atoms with Crippen molar-refractivity contribution in [2.45, 2.75) is 31.8 Å². The van der Waals surface area contributed by atoms with E-state index >= 15 is 0 Å². The zero-order valence-corrected chi connectivity index (χ0v) is 17.4. The highest BCUT2D eigenvalue weighted by Gasteiger charge is 2.51. The van der Waals surface area contributed by atoms with Crippen LogP contribution in [0.2, 0.25) is 0 Å². The van der Waals surface area contributed by atoms with Gasteiger partial charge in [0.25, 0.3) is 5.91 Å². The maximum atomic E-state index is 13.2. The summed E-state index contributed by atoms with van der Waals surface area (Å²) in [5.74, 6) is -1.43. The minimum absolute atomic E-state index is 0.0123. The zero-order chi connectivity index (χ0) is 22.4. The second-order valence-corrected chi connectivity index (χ2v) is 7.46. The van der Waals surface area contributed by atoms with E-state index < -0.39 is 35.8 Å². The lowest BCUT2D eigenvalue weighted by atomic mass is 9.87. The predicted octanol–water partition coefficient (Wildman–Crippen LogP) is 1.75. The summed E-state index contributed by atoms with van der Waals surface area (Å²) in [6.45, 7) is 1.74. The highest BCUT2D eigenvalue weighted by molar-refractivity contribution is 6.09. The van der Waals surface area contributed by atoms with E-state index in [0.717, 1.165) is 10.5 Å². The Morgan fingerprint density at radius 3 is 2.23 bits per heavy atom. The molecule has 1 heterocycles. The van der Waals surface area contributed by atoms with E-state index in [2.05, 4.69) is 5.32 Å².